The molecule has 0 unspecified atom stereocenters. The molecule has 1 aliphatic heterocycles. The van der Waals surface area contributed by atoms with Crippen LogP contribution in [-0.2, 0) is 65.6 Å². The monoisotopic (exact) mass is 1230 g/mol. The summed E-state index contributed by atoms with van der Waals surface area (Å²) in [4.78, 5) is 165. The molecule has 0 spiro atoms. The summed E-state index contributed by atoms with van der Waals surface area (Å²) in [5.74, 6) is -7.70. The van der Waals surface area contributed by atoms with Crippen LogP contribution in [0.15, 0.2) is 48.5 Å². The lowest BCUT2D eigenvalue weighted by Gasteiger charge is -2.38. The highest BCUT2D eigenvalue weighted by Gasteiger charge is 2.42. The number of amides is 11. The molecule has 0 aliphatic carbocycles. The van der Waals surface area contributed by atoms with Gasteiger partial charge in [0.2, 0.25) is 65.0 Å². The van der Waals surface area contributed by atoms with Crippen molar-refractivity contribution in [1.82, 2.24) is 55.6 Å². The third-order valence-electron chi connectivity index (χ3n) is 15.6. The molecule has 4 N–H and O–H groups in total. The number of halogens is 2. The first kappa shape index (κ1) is 72.4. The van der Waals surface area contributed by atoms with Crippen LogP contribution in [0.25, 0.3) is 0 Å². The maximum atomic E-state index is 14.9. The molecule has 0 radical (unpaired) electrons. The highest BCUT2D eigenvalue weighted by Crippen LogP contribution is 2.22. The number of carbonyl (C=O) groups is 11. The summed E-state index contributed by atoms with van der Waals surface area (Å²) in [7, 11) is 9.82. The van der Waals surface area contributed by atoms with E-state index in [1.54, 1.807) is 56.3 Å². The van der Waals surface area contributed by atoms with Crippen LogP contribution in [0.4, 0.5) is 0 Å². The molecular weight excluding hydrogens is 1130 g/mol. The van der Waals surface area contributed by atoms with Gasteiger partial charge < -0.3 is 55.6 Å². The first-order valence-corrected chi connectivity index (χ1v) is 29.8. The highest BCUT2D eigenvalue weighted by atomic mass is 35.5. The molecule has 3 rings (SSSR count). The van der Waals surface area contributed by atoms with E-state index in [0.717, 1.165) is 20.3 Å². The number of hydrogen-bond acceptors (Lipinski definition) is 11. The Labute approximate surface area is 512 Å². The summed E-state index contributed by atoms with van der Waals surface area (Å²) in [5, 5.41) is 12.2. The minimum absolute atomic E-state index is 0.0290. The van der Waals surface area contributed by atoms with Crippen molar-refractivity contribution in [3.8, 4) is 0 Å². The van der Waals surface area contributed by atoms with Crippen LogP contribution < -0.4 is 21.3 Å². The Morgan fingerprint density at radius 1 is 0.565 bits per heavy atom. The van der Waals surface area contributed by atoms with E-state index >= 15 is 0 Å². The van der Waals surface area contributed by atoms with Crippen LogP contribution in [0.1, 0.15) is 112 Å². The number of nitrogens with one attached hydrogen (secondary N) is 4. The van der Waals surface area contributed by atoms with E-state index in [9.17, 15) is 52.7 Å². The zero-order valence-electron chi connectivity index (χ0n) is 52.8. The van der Waals surface area contributed by atoms with E-state index in [1.165, 1.54) is 89.7 Å². The lowest BCUT2D eigenvalue weighted by Crippen LogP contribution is -2.63. The second kappa shape index (κ2) is 32.6. The van der Waals surface area contributed by atoms with E-state index in [0.29, 0.717) is 22.0 Å². The lowest BCUT2D eigenvalue weighted by atomic mass is 9.95. The van der Waals surface area contributed by atoms with Gasteiger partial charge in [-0.3, -0.25) is 52.7 Å². The molecule has 0 aromatic heterocycles. The van der Waals surface area contributed by atoms with Crippen LogP contribution in [0.3, 0.4) is 0 Å². The molecule has 24 heteroatoms. The average molecular weight is 1230 g/mol. The summed E-state index contributed by atoms with van der Waals surface area (Å²) in [6, 6.07) is 5.83. The fourth-order valence-corrected chi connectivity index (χ4v) is 10.2. The van der Waals surface area contributed by atoms with Gasteiger partial charge in [0.05, 0.1) is 19.6 Å². The number of benzene rings is 2. The molecule has 0 bridgehead atoms. The van der Waals surface area contributed by atoms with Gasteiger partial charge in [0.25, 0.3) is 0 Å². The Kier molecular flexibility index (Phi) is 27.8. The quantitative estimate of drug-likeness (QED) is 0.252. The van der Waals surface area contributed by atoms with Gasteiger partial charge in [0.1, 0.15) is 41.8 Å². The van der Waals surface area contributed by atoms with Gasteiger partial charge in [0.15, 0.2) is 0 Å². The summed E-state index contributed by atoms with van der Waals surface area (Å²) in [6.45, 7) is 15.5. The molecule has 2 aromatic carbocycles. The van der Waals surface area contributed by atoms with Crippen molar-refractivity contribution in [2.75, 3.05) is 69.0 Å². The van der Waals surface area contributed by atoms with Crippen LogP contribution in [0.5, 0.6) is 0 Å². The van der Waals surface area contributed by atoms with Gasteiger partial charge in [-0.1, -0.05) is 95.4 Å². The van der Waals surface area contributed by atoms with Crippen molar-refractivity contribution >= 4 is 88.2 Å². The van der Waals surface area contributed by atoms with Crippen molar-refractivity contribution in [3.63, 3.8) is 0 Å². The van der Waals surface area contributed by atoms with Gasteiger partial charge in [-0.2, -0.15) is 0 Å². The second-order valence-corrected chi connectivity index (χ2v) is 25.1. The predicted molar refractivity (Wildman–Crippen MR) is 326 cm³/mol. The SMILES string of the molecule is CC[C@H](C)[C@@H]1NC(=O)[C@H](C)N(C)C(=O)C[C@@H](C)NC(=O)[C@H](CC(C)C)N(C)C(=O)C(C)(C)NC(=O)[C@H](CC(C)C)N(C)C(=O)[C@H](CCc2cccc(Cl)c2)NC(=O)CN(C)C(=O)[C@H](Cc2ccc(Cl)cc2)N(C)C(=O)CN(C)C(=O)CN(C)C1=O. The third-order valence-corrected chi connectivity index (χ3v) is 16.1. The minimum atomic E-state index is -1.65. The van der Waals surface area contributed by atoms with E-state index in [2.05, 4.69) is 21.3 Å². The molecule has 11 amide bonds. The Bertz CT molecular complexity index is 2710. The number of carbonyl (C=O) groups excluding carboxylic acids is 11. The van der Waals surface area contributed by atoms with E-state index in [4.69, 9.17) is 23.2 Å². The highest BCUT2D eigenvalue weighted by molar-refractivity contribution is 6.30. The Balaban J connectivity index is 2.17. The van der Waals surface area contributed by atoms with E-state index in [1.807, 2.05) is 40.7 Å². The number of aryl methyl sites for hydroxylation is 1. The first-order valence-electron chi connectivity index (χ1n) is 29.0. The second-order valence-electron chi connectivity index (χ2n) is 24.2. The molecule has 472 valence electrons. The number of likely N-dealkylation sites (N-methyl/N-ethyl adjacent to an activating group) is 7. The Hall–Kier alpha value is -6.81. The van der Waals surface area contributed by atoms with Gasteiger partial charge >= 0.3 is 0 Å². The van der Waals surface area contributed by atoms with Crippen molar-refractivity contribution in [3.05, 3.63) is 69.7 Å². The van der Waals surface area contributed by atoms with Crippen molar-refractivity contribution in [1.29, 1.82) is 0 Å². The van der Waals surface area contributed by atoms with Gasteiger partial charge in [-0.05, 0) is 107 Å². The van der Waals surface area contributed by atoms with E-state index in [-0.39, 0.29) is 50.4 Å². The average Bonchev–Trinajstić information content (AvgIpc) is 3.19. The molecule has 1 saturated heterocycles. The molecule has 1 aliphatic rings. The molecule has 1 fully saturated rings. The summed E-state index contributed by atoms with van der Waals surface area (Å²) >= 11 is 12.5. The Morgan fingerprint density at radius 2 is 1.13 bits per heavy atom. The molecular formula is C61H93Cl2N11O11. The number of rotatable bonds is 11. The fourth-order valence-electron chi connectivity index (χ4n) is 9.84. The molecule has 8 atom stereocenters. The normalized spacial score (nSPS) is 24.2. The maximum Gasteiger partial charge on any atom is 0.248 e. The maximum absolute atomic E-state index is 14.9. The molecule has 2 aromatic rings. The predicted octanol–water partition coefficient (Wildman–Crippen LogP) is 3.78. The lowest BCUT2D eigenvalue weighted by molar-refractivity contribution is -0.149. The van der Waals surface area contributed by atoms with Crippen LogP contribution in [0, 0.1) is 17.8 Å². The molecule has 1 heterocycles. The fraction of sp³-hybridized carbons (Fsp3) is 0.623. The Morgan fingerprint density at radius 3 is 1.69 bits per heavy atom. The van der Waals surface area contributed by atoms with Gasteiger partial charge in [0, 0.05) is 78.3 Å². The van der Waals surface area contributed by atoms with Crippen LogP contribution >= 0.6 is 23.2 Å². The van der Waals surface area contributed by atoms with Crippen LogP contribution in [-0.4, -0.2) is 216 Å². The van der Waals surface area contributed by atoms with Crippen molar-refractivity contribution < 1.29 is 52.7 Å². The largest absolute Gasteiger partial charge is 0.351 e. The van der Waals surface area contributed by atoms with Gasteiger partial charge in [-0.25, -0.2) is 0 Å². The number of nitrogens with zero attached hydrogens (tertiary/aromatic N) is 7. The van der Waals surface area contributed by atoms with Crippen LogP contribution in [0.2, 0.25) is 10.0 Å². The van der Waals surface area contributed by atoms with Crippen molar-refractivity contribution in [2.24, 2.45) is 17.8 Å². The summed E-state index contributed by atoms with van der Waals surface area (Å²) < 4.78 is 0. The van der Waals surface area contributed by atoms with Crippen molar-refractivity contribution in [2.45, 2.75) is 162 Å². The molecule has 22 nitrogen and oxygen atoms in total. The minimum Gasteiger partial charge on any atom is -0.351 e. The standard InChI is InChI=1S/C61H93Cl2N11O11/c1-18-38(6)53-59(84)70(13)34-51(77)68(11)35-52(78)72(15)48(32-42-22-25-43(62)26-23-42)58(83)69(12)33-49(75)65-45(27-24-41-20-19-21-44(63)31-41)57(82)73(16)47(29-37(4)5)56(81)67-61(9,10)60(85)74(17)46(28-36(2)3)55(80)64-39(7)30-50(76)71(14)40(8)54(79)66-53/h19-23,25-26,31,36-40,45-48,53H,18,24,27-30,32-35H2,1-17H3,(H,64,80)(H,65,75)(H,66,79)(H,67,81)/t38-,39+,40-,45-,46-,47-,48-,53-/m0/s1. The first-order chi connectivity index (χ1) is 39.5. The smallest absolute Gasteiger partial charge is 0.248 e. The molecule has 0 saturated carbocycles. The van der Waals surface area contributed by atoms with Gasteiger partial charge in [-0.15, -0.1) is 0 Å². The summed E-state index contributed by atoms with van der Waals surface area (Å²) in [6.07, 6.45) is 0.773. The molecule has 85 heavy (non-hydrogen) atoms. The topological polar surface area (TPSA) is 259 Å². The number of hydrogen-bond donors (Lipinski definition) is 4. The zero-order chi connectivity index (χ0) is 64.5. The zero-order valence-corrected chi connectivity index (χ0v) is 54.4. The van der Waals surface area contributed by atoms with E-state index < -0.39 is 138 Å². The third kappa shape index (κ3) is 21.3. The summed E-state index contributed by atoms with van der Waals surface area (Å²) in [5.41, 5.74) is -0.288.